The second kappa shape index (κ2) is 5.83. The van der Waals surface area contributed by atoms with Crippen LogP contribution in [-0.4, -0.2) is 23.3 Å². The Morgan fingerprint density at radius 3 is 2.50 bits per heavy atom. The minimum Gasteiger partial charge on any atom is -0.392 e. The summed E-state index contributed by atoms with van der Waals surface area (Å²) in [4.78, 5) is 0. The molecule has 1 unspecified atom stereocenters. The molecular weight excluding hydrogens is 198 g/mol. The summed E-state index contributed by atoms with van der Waals surface area (Å²) in [5.74, 6) is 0. The summed E-state index contributed by atoms with van der Waals surface area (Å²) in [5.41, 5.74) is 0.945. The molecule has 0 spiro atoms. The van der Waals surface area contributed by atoms with Gasteiger partial charge in [-0.25, -0.2) is 0 Å². The van der Waals surface area contributed by atoms with E-state index in [0.717, 1.165) is 6.54 Å². The number of nitrogens with one attached hydrogen (secondary N) is 1. The molecule has 0 aliphatic carbocycles. The molecule has 16 heavy (non-hydrogen) atoms. The zero-order chi connectivity index (χ0) is 12.0. The molecule has 0 bridgehead atoms. The van der Waals surface area contributed by atoms with Crippen LogP contribution >= 0.6 is 0 Å². The van der Waals surface area contributed by atoms with E-state index < -0.39 is 0 Å². The summed E-state index contributed by atoms with van der Waals surface area (Å²) in [6, 6.07) is 10.2. The van der Waals surface area contributed by atoms with Crippen LogP contribution in [0.2, 0.25) is 0 Å². The quantitative estimate of drug-likeness (QED) is 0.797. The first-order valence-electron chi connectivity index (χ1n) is 5.67. The monoisotopic (exact) mass is 219 g/mol. The number of rotatable bonds is 5. The van der Waals surface area contributed by atoms with Gasteiger partial charge in [-0.2, -0.15) is 0 Å². The van der Waals surface area contributed by atoms with Crippen LogP contribution in [0.25, 0.3) is 6.08 Å². The van der Waals surface area contributed by atoms with E-state index in [1.165, 1.54) is 5.56 Å². The van der Waals surface area contributed by atoms with Crippen LogP contribution in [0.5, 0.6) is 0 Å². The maximum absolute atomic E-state index is 9.51. The molecule has 0 heterocycles. The molecule has 1 aromatic carbocycles. The highest BCUT2D eigenvalue weighted by atomic mass is 16.3. The molecule has 0 saturated heterocycles. The molecule has 0 amide bonds. The molecule has 88 valence electrons. The van der Waals surface area contributed by atoms with E-state index in [1.807, 2.05) is 32.0 Å². The lowest BCUT2D eigenvalue weighted by Gasteiger charge is -2.28. The third kappa shape index (κ3) is 4.17. The van der Waals surface area contributed by atoms with Crippen LogP contribution in [0.15, 0.2) is 36.4 Å². The predicted octanol–water partition coefficient (Wildman–Crippen LogP) is 2.45. The lowest BCUT2D eigenvalue weighted by atomic mass is 9.99. The van der Waals surface area contributed by atoms with Crippen molar-refractivity contribution in [1.82, 2.24) is 5.32 Å². The third-order valence-electron chi connectivity index (χ3n) is 2.83. The molecule has 0 radical (unpaired) electrons. The highest BCUT2D eigenvalue weighted by molar-refractivity contribution is 5.48. The van der Waals surface area contributed by atoms with Crippen molar-refractivity contribution in [2.75, 3.05) is 6.54 Å². The van der Waals surface area contributed by atoms with E-state index in [0.29, 0.717) is 0 Å². The van der Waals surface area contributed by atoms with E-state index in [-0.39, 0.29) is 11.6 Å². The molecular formula is C14H21NO. The van der Waals surface area contributed by atoms with E-state index >= 15 is 0 Å². The zero-order valence-corrected chi connectivity index (χ0v) is 10.3. The van der Waals surface area contributed by atoms with Crippen molar-refractivity contribution in [1.29, 1.82) is 0 Å². The molecule has 0 aliphatic rings. The molecule has 2 heteroatoms. The van der Waals surface area contributed by atoms with Gasteiger partial charge >= 0.3 is 0 Å². The summed E-state index contributed by atoms with van der Waals surface area (Å²) in [7, 11) is 0. The first kappa shape index (κ1) is 12.9. The van der Waals surface area contributed by atoms with Crippen molar-refractivity contribution >= 4 is 6.08 Å². The fraction of sp³-hybridized carbons (Fsp3) is 0.429. The Kier molecular flexibility index (Phi) is 4.71. The topological polar surface area (TPSA) is 32.3 Å². The summed E-state index contributed by atoms with van der Waals surface area (Å²) in [5, 5.41) is 12.8. The molecule has 1 rings (SSSR count). The number of hydrogen-bond donors (Lipinski definition) is 2. The van der Waals surface area contributed by atoms with Crippen molar-refractivity contribution in [3.63, 3.8) is 0 Å². The SMILES string of the molecule is CC(O)C(C)(C)NC/C=C/c1ccccc1. The molecule has 0 saturated carbocycles. The second-order valence-electron chi connectivity index (χ2n) is 4.59. The Labute approximate surface area is 98.0 Å². The Balaban J connectivity index is 2.39. The fourth-order valence-corrected chi connectivity index (χ4v) is 1.23. The van der Waals surface area contributed by atoms with E-state index in [2.05, 4.69) is 29.6 Å². The maximum Gasteiger partial charge on any atom is 0.0688 e. The molecule has 2 nitrogen and oxygen atoms in total. The van der Waals surface area contributed by atoms with Gasteiger partial charge in [0.15, 0.2) is 0 Å². The van der Waals surface area contributed by atoms with Crippen molar-refractivity contribution < 1.29 is 5.11 Å². The Morgan fingerprint density at radius 1 is 1.31 bits per heavy atom. The Bertz CT molecular complexity index is 328. The van der Waals surface area contributed by atoms with Crippen LogP contribution < -0.4 is 5.32 Å². The van der Waals surface area contributed by atoms with E-state index in [9.17, 15) is 5.11 Å². The van der Waals surface area contributed by atoms with Gasteiger partial charge in [0.05, 0.1) is 6.10 Å². The average Bonchev–Trinajstić information content (AvgIpc) is 2.26. The van der Waals surface area contributed by atoms with Gasteiger partial charge in [0.1, 0.15) is 0 Å². The largest absolute Gasteiger partial charge is 0.392 e. The summed E-state index contributed by atoms with van der Waals surface area (Å²) in [6.07, 6.45) is 3.78. The van der Waals surface area contributed by atoms with Gasteiger partial charge in [0.25, 0.3) is 0 Å². The summed E-state index contributed by atoms with van der Waals surface area (Å²) >= 11 is 0. The third-order valence-corrected chi connectivity index (χ3v) is 2.83. The lowest BCUT2D eigenvalue weighted by Crippen LogP contribution is -2.48. The molecule has 2 N–H and O–H groups in total. The number of benzene rings is 1. The standard InChI is InChI=1S/C14H21NO/c1-12(16)14(2,3)15-11-7-10-13-8-5-4-6-9-13/h4-10,12,15-16H,11H2,1-3H3/b10-7+. The van der Waals surface area contributed by atoms with Gasteiger partial charge in [0.2, 0.25) is 0 Å². The van der Waals surface area contributed by atoms with Gasteiger partial charge in [-0.1, -0.05) is 42.5 Å². The fourth-order valence-electron chi connectivity index (χ4n) is 1.23. The van der Waals surface area contributed by atoms with E-state index in [4.69, 9.17) is 0 Å². The summed E-state index contributed by atoms with van der Waals surface area (Å²) < 4.78 is 0. The molecule has 1 aromatic rings. The highest BCUT2D eigenvalue weighted by Gasteiger charge is 2.21. The van der Waals surface area contributed by atoms with Crippen LogP contribution in [0.1, 0.15) is 26.3 Å². The molecule has 1 atom stereocenters. The smallest absolute Gasteiger partial charge is 0.0688 e. The lowest BCUT2D eigenvalue weighted by molar-refractivity contribution is 0.0994. The number of aliphatic hydroxyl groups is 1. The first-order valence-corrected chi connectivity index (χ1v) is 5.67. The maximum atomic E-state index is 9.51. The second-order valence-corrected chi connectivity index (χ2v) is 4.59. The van der Waals surface area contributed by atoms with Crippen molar-refractivity contribution in [2.24, 2.45) is 0 Å². The Hall–Kier alpha value is -1.12. The van der Waals surface area contributed by atoms with Crippen LogP contribution in [-0.2, 0) is 0 Å². The highest BCUT2D eigenvalue weighted by Crippen LogP contribution is 2.07. The van der Waals surface area contributed by atoms with Crippen molar-refractivity contribution in [3.05, 3.63) is 42.0 Å². The van der Waals surface area contributed by atoms with Crippen molar-refractivity contribution in [2.45, 2.75) is 32.4 Å². The van der Waals surface area contributed by atoms with E-state index in [1.54, 1.807) is 6.92 Å². The molecule has 0 fully saturated rings. The van der Waals surface area contributed by atoms with Crippen LogP contribution in [0.3, 0.4) is 0 Å². The zero-order valence-electron chi connectivity index (χ0n) is 10.3. The minimum atomic E-state index is -0.363. The van der Waals surface area contributed by atoms with Gasteiger partial charge in [-0.3, -0.25) is 0 Å². The average molecular weight is 219 g/mol. The summed E-state index contributed by atoms with van der Waals surface area (Å²) in [6.45, 7) is 6.54. The minimum absolute atomic E-state index is 0.249. The van der Waals surface area contributed by atoms with Gasteiger partial charge in [-0.15, -0.1) is 0 Å². The van der Waals surface area contributed by atoms with Crippen molar-refractivity contribution in [3.8, 4) is 0 Å². The van der Waals surface area contributed by atoms with Crippen LogP contribution in [0.4, 0.5) is 0 Å². The number of aliphatic hydroxyl groups excluding tert-OH is 1. The molecule has 0 aliphatic heterocycles. The van der Waals surface area contributed by atoms with Gasteiger partial charge < -0.3 is 10.4 Å². The predicted molar refractivity (Wildman–Crippen MR) is 69.2 cm³/mol. The number of hydrogen-bond acceptors (Lipinski definition) is 2. The first-order chi connectivity index (χ1) is 7.52. The Morgan fingerprint density at radius 2 is 1.94 bits per heavy atom. The van der Waals surface area contributed by atoms with Gasteiger partial charge in [-0.05, 0) is 26.3 Å². The van der Waals surface area contributed by atoms with Crippen LogP contribution in [0, 0.1) is 0 Å². The molecule has 0 aromatic heterocycles. The normalized spacial score (nSPS) is 14.2. The van der Waals surface area contributed by atoms with Gasteiger partial charge in [0, 0.05) is 12.1 Å².